The number of fused-ring (bicyclic) bond motifs is 1. The largest absolute Gasteiger partial charge is 0.312 e. The summed E-state index contributed by atoms with van der Waals surface area (Å²) in [5, 5.41) is 3.83. The molecule has 1 aliphatic heterocycles. The van der Waals surface area contributed by atoms with Gasteiger partial charge in [0.2, 0.25) is 0 Å². The number of rotatable bonds is 1. The predicted octanol–water partition coefficient (Wildman–Crippen LogP) is 2.64. The number of hydrogen-bond acceptors (Lipinski definition) is 2. The lowest BCUT2D eigenvalue weighted by molar-refractivity contribution is 0.0979. The molecule has 0 aromatic carbocycles. The molecule has 0 aromatic rings. The summed E-state index contributed by atoms with van der Waals surface area (Å²) in [6.45, 7) is 2.47. The van der Waals surface area contributed by atoms with Gasteiger partial charge in [0.25, 0.3) is 0 Å². The lowest BCUT2D eigenvalue weighted by atomic mass is 9.75. The monoisotopic (exact) mass is 236 g/mol. The fourth-order valence-electron chi connectivity index (χ4n) is 4.73. The first-order valence-corrected chi connectivity index (χ1v) is 7.80. The number of hydrogen-bond donors (Lipinski definition) is 1. The Morgan fingerprint density at radius 2 is 1.65 bits per heavy atom. The van der Waals surface area contributed by atoms with Crippen molar-refractivity contribution < 1.29 is 0 Å². The van der Waals surface area contributed by atoms with Crippen LogP contribution in [0.3, 0.4) is 0 Å². The molecule has 1 unspecified atom stereocenters. The summed E-state index contributed by atoms with van der Waals surface area (Å²) in [5.41, 5.74) is 0. The first-order chi connectivity index (χ1) is 8.36. The maximum atomic E-state index is 3.83. The molecule has 3 atom stereocenters. The molecule has 0 aromatic heterocycles. The fraction of sp³-hybridized carbons (Fsp3) is 1.00. The van der Waals surface area contributed by atoms with Crippen LogP contribution in [0, 0.1) is 11.8 Å². The molecule has 2 nitrogen and oxygen atoms in total. The molecular weight excluding hydrogens is 208 g/mol. The third-order valence-corrected chi connectivity index (χ3v) is 5.52. The van der Waals surface area contributed by atoms with E-state index in [0.29, 0.717) is 0 Å². The van der Waals surface area contributed by atoms with Crippen LogP contribution in [0.5, 0.6) is 0 Å². The molecule has 0 radical (unpaired) electrons. The molecule has 0 amide bonds. The number of likely N-dealkylation sites (N-methyl/N-ethyl adjacent to an activating group) is 1. The van der Waals surface area contributed by atoms with Gasteiger partial charge >= 0.3 is 0 Å². The third-order valence-electron chi connectivity index (χ3n) is 5.52. The molecule has 2 heteroatoms. The van der Waals surface area contributed by atoms with Gasteiger partial charge in [-0.1, -0.05) is 25.7 Å². The highest BCUT2D eigenvalue weighted by atomic mass is 15.2. The molecule has 3 aliphatic rings. The van der Waals surface area contributed by atoms with E-state index in [2.05, 4.69) is 17.3 Å². The Morgan fingerprint density at radius 1 is 0.941 bits per heavy atom. The van der Waals surface area contributed by atoms with E-state index in [1.54, 1.807) is 0 Å². The zero-order valence-corrected chi connectivity index (χ0v) is 11.3. The lowest BCUT2D eigenvalue weighted by Gasteiger charge is -2.41. The van der Waals surface area contributed by atoms with Gasteiger partial charge in [-0.05, 0) is 44.6 Å². The summed E-state index contributed by atoms with van der Waals surface area (Å²) >= 11 is 0. The van der Waals surface area contributed by atoms with E-state index in [9.17, 15) is 0 Å². The summed E-state index contributed by atoms with van der Waals surface area (Å²) in [6.07, 6.45) is 11.8. The van der Waals surface area contributed by atoms with Gasteiger partial charge in [0.15, 0.2) is 0 Å². The molecule has 3 rings (SSSR count). The van der Waals surface area contributed by atoms with Crippen molar-refractivity contribution in [3.05, 3.63) is 0 Å². The van der Waals surface area contributed by atoms with Crippen LogP contribution in [0.2, 0.25) is 0 Å². The molecule has 0 spiro atoms. The Morgan fingerprint density at radius 3 is 2.47 bits per heavy atom. The maximum absolute atomic E-state index is 3.83. The smallest absolute Gasteiger partial charge is 0.0164 e. The van der Waals surface area contributed by atoms with Crippen molar-refractivity contribution in [2.45, 2.75) is 63.5 Å². The molecule has 17 heavy (non-hydrogen) atoms. The van der Waals surface area contributed by atoms with Gasteiger partial charge in [-0.3, -0.25) is 0 Å². The molecule has 2 saturated carbocycles. The van der Waals surface area contributed by atoms with Gasteiger partial charge in [-0.25, -0.2) is 0 Å². The van der Waals surface area contributed by atoms with Crippen LogP contribution in [0.1, 0.15) is 51.4 Å². The minimum absolute atomic E-state index is 0.833. The summed E-state index contributed by atoms with van der Waals surface area (Å²) in [4.78, 5) is 2.69. The molecule has 1 heterocycles. The van der Waals surface area contributed by atoms with Gasteiger partial charge in [0.1, 0.15) is 0 Å². The summed E-state index contributed by atoms with van der Waals surface area (Å²) < 4.78 is 0. The van der Waals surface area contributed by atoms with Crippen molar-refractivity contribution in [2.24, 2.45) is 11.8 Å². The van der Waals surface area contributed by atoms with Gasteiger partial charge < -0.3 is 10.2 Å². The highest BCUT2D eigenvalue weighted by Gasteiger charge is 2.40. The van der Waals surface area contributed by atoms with Crippen molar-refractivity contribution in [3.63, 3.8) is 0 Å². The average molecular weight is 236 g/mol. The van der Waals surface area contributed by atoms with E-state index in [0.717, 1.165) is 23.9 Å². The SMILES string of the molecule is CN1CCNC2CCCC[C@H]2[C@@H]1C1CCCC1. The Hall–Kier alpha value is -0.0800. The van der Waals surface area contributed by atoms with Crippen molar-refractivity contribution in [1.29, 1.82) is 0 Å². The molecule has 1 saturated heterocycles. The van der Waals surface area contributed by atoms with E-state index in [-0.39, 0.29) is 0 Å². The minimum Gasteiger partial charge on any atom is -0.312 e. The molecule has 0 bridgehead atoms. The van der Waals surface area contributed by atoms with E-state index in [4.69, 9.17) is 0 Å². The topological polar surface area (TPSA) is 15.3 Å². The predicted molar refractivity (Wildman–Crippen MR) is 72.1 cm³/mol. The lowest BCUT2D eigenvalue weighted by Crippen LogP contribution is -2.48. The zero-order valence-electron chi connectivity index (χ0n) is 11.3. The molecule has 98 valence electrons. The van der Waals surface area contributed by atoms with Crippen LogP contribution in [0.4, 0.5) is 0 Å². The van der Waals surface area contributed by atoms with Crippen LogP contribution in [-0.4, -0.2) is 37.1 Å². The first-order valence-electron chi connectivity index (χ1n) is 7.80. The van der Waals surface area contributed by atoms with E-state index in [1.807, 2.05) is 0 Å². The number of nitrogens with one attached hydrogen (secondary N) is 1. The average Bonchev–Trinajstić information content (AvgIpc) is 2.80. The normalized spacial score (nSPS) is 41.1. The second-order valence-electron chi connectivity index (χ2n) is 6.52. The molecule has 2 aliphatic carbocycles. The van der Waals surface area contributed by atoms with Crippen molar-refractivity contribution in [1.82, 2.24) is 10.2 Å². The van der Waals surface area contributed by atoms with Crippen molar-refractivity contribution >= 4 is 0 Å². The number of nitrogens with zero attached hydrogens (tertiary/aromatic N) is 1. The highest BCUT2D eigenvalue weighted by Crippen LogP contribution is 2.39. The van der Waals surface area contributed by atoms with Crippen LogP contribution in [0.25, 0.3) is 0 Å². The van der Waals surface area contributed by atoms with Crippen LogP contribution in [-0.2, 0) is 0 Å². The highest BCUT2D eigenvalue weighted by molar-refractivity contribution is 4.96. The van der Waals surface area contributed by atoms with Crippen LogP contribution < -0.4 is 5.32 Å². The Kier molecular flexibility index (Phi) is 3.72. The third kappa shape index (κ3) is 2.39. The Bertz CT molecular complexity index is 247. The second kappa shape index (κ2) is 5.27. The van der Waals surface area contributed by atoms with Gasteiger partial charge in [0, 0.05) is 25.2 Å². The van der Waals surface area contributed by atoms with Crippen LogP contribution >= 0.6 is 0 Å². The second-order valence-corrected chi connectivity index (χ2v) is 6.52. The maximum Gasteiger partial charge on any atom is 0.0164 e. The Labute approximate surface area is 106 Å². The van der Waals surface area contributed by atoms with Crippen molar-refractivity contribution in [2.75, 3.05) is 20.1 Å². The quantitative estimate of drug-likeness (QED) is 0.753. The van der Waals surface area contributed by atoms with Gasteiger partial charge in [-0.15, -0.1) is 0 Å². The summed E-state index contributed by atoms with van der Waals surface area (Å²) in [7, 11) is 2.38. The Balaban J connectivity index is 1.78. The van der Waals surface area contributed by atoms with E-state index >= 15 is 0 Å². The molecule has 1 N–H and O–H groups in total. The van der Waals surface area contributed by atoms with Gasteiger partial charge in [-0.2, -0.15) is 0 Å². The summed E-state index contributed by atoms with van der Waals surface area (Å²) in [5.74, 6) is 1.95. The van der Waals surface area contributed by atoms with E-state index < -0.39 is 0 Å². The van der Waals surface area contributed by atoms with Crippen molar-refractivity contribution in [3.8, 4) is 0 Å². The minimum atomic E-state index is 0.833. The van der Waals surface area contributed by atoms with E-state index in [1.165, 1.54) is 64.5 Å². The summed E-state index contributed by atoms with van der Waals surface area (Å²) in [6, 6.07) is 1.72. The first kappa shape index (κ1) is 12.0. The molecular formula is C15H28N2. The standard InChI is InChI=1S/C15H28N2/c1-17-11-10-16-14-9-5-4-8-13(14)15(17)12-6-2-3-7-12/h12-16H,2-11H2,1H3/t13-,14?,15+/m1/s1. The fourth-order valence-corrected chi connectivity index (χ4v) is 4.73. The zero-order chi connectivity index (χ0) is 11.7. The molecule has 3 fully saturated rings. The van der Waals surface area contributed by atoms with Gasteiger partial charge in [0.05, 0.1) is 0 Å². The van der Waals surface area contributed by atoms with Crippen LogP contribution in [0.15, 0.2) is 0 Å².